The third kappa shape index (κ3) is 3.11. The van der Waals surface area contributed by atoms with Gasteiger partial charge in [-0.05, 0) is 24.6 Å². The molecule has 3 heteroatoms. The third-order valence-electron chi connectivity index (χ3n) is 1.98. The van der Waals surface area contributed by atoms with Crippen LogP contribution in [0.25, 0.3) is 0 Å². The van der Waals surface area contributed by atoms with E-state index in [1.807, 2.05) is 25.2 Å². The Bertz CT molecular complexity index is 289. The van der Waals surface area contributed by atoms with Gasteiger partial charge in [-0.1, -0.05) is 24.9 Å². The molecule has 0 radical (unpaired) electrons. The molecule has 1 aromatic carbocycles. The molecule has 0 fully saturated rings. The van der Waals surface area contributed by atoms with E-state index in [0.717, 1.165) is 30.9 Å². The highest BCUT2D eigenvalue weighted by Crippen LogP contribution is 2.27. The topological polar surface area (TPSA) is 21.3 Å². The molecule has 0 aliphatic heterocycles. The maximum absolute atomic E-state index is 6.02. The van der Waals surface area contributed by atoms with Gasteiger partial charge in [-0.2, -0.15) is 0 Å². The summed E-state index contributed by atoms with van der Waals surface area (Å²) in [4.78, 5) is 0. The van der Waals surface area contributed by atoms with Gasteiger partial charge in [0.15, 0.2) is 0 Å². The number of benzene rings is 1. The Morgan fingerprint density at radius 2 is 2.21 bits per heavy atom. The van der Waals surface area contributed by atoms with Crippen LogP contribution in [0.15, 0.2) is 18.2 Å². The number of anilines is 1. The third-order valence-corrected chi connectivity index (χ3v) is 2.27. The largest absolute Gasteiger partial charge is 0.492 e. The van der Waals surface area contributed by atoms with Crippen LogP contribution in [0.1, 0.15) is 19.8 Å². The minimum absolute atomic E-state index is 0.660. The Hall–Kier alpha value is -0.890. The van der Waals surface area contributed by atoms with Gasteiger partial charge in [0.05, 0.1) is 11.6 Å². The second-order valence-corrected chi connectivity index (χ2v) is 3.50. The lowest BCUT2D eigenvalue weighted by molar-refractivity contribution is 0.309. The van der Waals surface area contributed by atoms with Gasteiger partial charge >= 0.3 is 0 Å². The van der Waals surface area contributed by atoms with Crippen molar-refractivity contribution in [3.8, 4) is 5.75 Å². The first-order chi connectivity index (χ1) is 6.77. The van der Waals surface area contributed by atoms with Gasteiger partial charge in [0.25, 0.3) is 0 Å². The summed E-state index contributed by atoms with van der Waals surface area (Å²) in [5, 5.41) is 3.68. The Labute approximate surface area is 90.2 Å². The van der Waals surface area contributed by atoms with Crippen LogP contribution in [0.4, 0.5) is 5.69 Å². The van der Waals surface area contributed by atoms with Crippen molar-refractivity contribution in [2.45, 2.75) is 19.8 Å². The Balaban J connectivity index is 2.59. The first-order valence-corrected chi connectivity index (χ1v) is 5.25. The molecule has 2 nitrogen and oxygen atoms in total. The smallest absolute Gasteiger partial charge is 0.138 e. The highest BCUT2D eigenvalue weighted by Gasteiger charge is 2.01. The minimum atomic E-state index is 0.660. The summed E-state index contributed by atoms with van der Waals surface area (Å²) in [6.07, 6.45) is 2.19. The molecule has 0 saturated heterocycles. The number of hydrogen-bond donors (Lipinski definition) is 1. The summed E-state index contributed by atoms with van der Waals surface area (Å²) >= 11 is 6.02. The maximum atomic E-state index is 6.02. The average molecular weight is 214 g/mol. The van der Waals surface area contributed by atoms with Gasteiger partial charge < -0.3 is 10.1 Å². The van der Waals surface area contributed by atoms with Gasteiger partial charge in [0.2, 0.25) is 0 Å². The van der Waals surface area contributed by atoms with E-state index in [1.165, 1.54) is 0 Å². The van der Waals surface area contributed by atoms with Crippen LogP contribution in [0.3, 0.4) is 0 Å². The fourth-order valence-electron chi connectivity index (χ4n) is 1.10. The molecular weight excluding hydrogens is 198 g/mol. The van der Waals surface area contributed by atoms with E-state index in [4.69, 9.17) is 16.3 Å². The summed E-state index contributed by atoms with van der Waals surface area (Å²) in [7, 11) is 1.86. The van der Waals surface area contributed by atoms with Crippen LogP contribution in [0.2, 0.25) is 5.02 Å². The van der Waals surface area contributed by atoms with Crippen molar-refractivity contribution >= 4 is 17.3 Å². The quantitative estimate of drug-likeness (QED) is 0.756. The van der Waals surface area contributed by atoms with Crippen molar-refractivity contribution < 1.29 is 4.74 Å². The zero-order valence-corrected chi connectivity index (χ0v) is 9.40. The van der Waals surface area contributed by atoms with Crippen LogP contribution in [-0.4, -0.2) is 13.7 Å². The predicted molar refractivity (Wildman–Crippen MR) is 61.4 cm³/mol. The molecule has 0 aromatic heterocycles. The zero-order chi connectivity index (χ0) is 10.4. The van der Waals surface area contributed by atoms with Crippen LogP contribution in [-0.2, 0) is 0 Å². The molecule has 0 amide bonds. The molecule has 0 heterocycles. The Morgan fingerprint density at radius 3 is 2.79 bits per heavy atom. The highest BCUT2D eigenvalue weighted by atomic mass is 35.5. The molecule has 1 rings (SSSR count). The zero-order valence-electron chi connectivity index (χ0n) is 8.64. The normalized spacial score (nSPS) is 9.93. The minimum Gasteiger partial charge on any atom is -0.492 e. The number of hydrogen-bond acceptors (Lipinski definition) is 2. The summed E-state index contributed by atoms with van der Waals surface area (Å²) in [6, 6.07) is 5.71. The molecule has 1 N–H and O–H groups in total. The summed E-state index contributed by atoms with van der Waals surface area (Å²) in [5.74, 6) is 0.763. The second-order valence-electron chi connectivity index (χ2n) is 3.10. The molecule has 14 heavy (non-hydrogen) atoms. The average Bonchev–Trinajstić information content (AvgIpc) is 2.20. The van der Waals surface area contributed by atoms with Crippen molar-refractivity contribution in [1.82, 2.24) is 0 Å². The fourth-order valence-corrected chi connectivity index (χ4v) is 1.33. The van der Waals surface area contributed by atoms with Gasteiger partial charge in [-0.25, -0.2) is 0 Å². The Morgan fingerprint density at radius 1 is 1.43 bits per heavy atom. The molecule has 0 spiro atoms. The maximum Gasteiger partial charge on any atom is 0.138 e. The van der Waals surface area contributed by atoms with Crippen molar-refractivity contribution in [2.24, 2.45) is 0 Å². The molecule has 0 atom stereocenters. The summed E-state index contributed by atoms with van der Waals surface area (Å²) < 4.78 is 5.52. The highest BCUT2D eigenvalue weighted by molar-refractivity contribution is 6.32. The summed E-state index contributed by atoms with van der Waals surface area (Å²) in [5.41, 5.74) is 0.998. The van der Waals surface area contributed by atoms with Crippen molar-refractivity contribution in [2.75, 3.05) is 19.0 Å². The number of halogens is 1. The van der Waals surface area contributed by atoms with Crippen molar-refractivity contribution in [3.63, 3.8) is 0 Å². The van der Waals surface area contributed by atoms with Crippen LogP contribution in [0, 0.1) is 0 Å². The van der Waals surface area contributed by atoms with E-state index in [0.29, 0.717) is 5.02 Å². The van der Waals surface area contributed by atoms with E-state index in [1.54, 1.807) is 0 Å². The molecule has 0 bridgehead atoms. The van der Waals surface area contributed by atoms with Gasteiger partial charge in [-0.3, -0.25) is 0 Å². The van der Waals surface area contributed by atoms with Crippen molar-refractivity contribution in [1.29, 1.82) is 0 Å². The van der Waals surface area contributed by atoms with E-state index in [9.17, 15) is 0 Å². The number of rotatable bonds is 5. The standard InChI is InChI=1S/C11H16ClNO/c1-3-4-7-14-11-6-5-9(13-2)8-10(11)12/h5-6,8,13H,3-4,7H2,1-2H3. The van der Waals surface area contributed by atoms with E-state index in [2.05, 4.69) is 12.2 Å². The van der Waals surface area contributed by atoms with Gasteiger partial charge in [0, 0.05) is 12.7 Å². The molecule has 78 valence electrons. The molecule has 0 saturated carbocycles. The summed E-state index contributed by atoms with van der Waals surface area (Å²) in [6.45, 7) is 2.87. The number of nitrogens with one attached hydrogen (secondary N) is 1. The van der Waals surface area contributed by atoms with E-state index < -0.39 is 0 Å². The SMILES string of the molecule is CCCCOc1ccc(NC)cc1Cl. The molecule has 0 unspecified atom stereocenters. The molecular formula is C11H16ClNO. The molecule has 0 aliphatic carbocycles. The van der Waals surface area contributed by atoms with Crippen LogP contribution in [0.5, 0.6) is 5.75 Å². The first-order valence-electron chi connectivity index (χ1n) is 4.88. The fraction of sp³-hybridized carbons (Fsp3) is 0.455. The molecule has 1 aromatic rings. The first kappa shape index (κ1) is 11.2. The second kappa shape index (κ2) is 5.76. The van der Waals surface area contributed by atoms with Crippen LogP contribution < -0.4 is 10.1 Å². The van der Waals surface area contributed by atoms with Gasteiger partial charge in [0.1, 0.15) is 5.75 Å². The van der Waals surface area contributed by atoms with Crippen LogP contribution >= 0.6 is 11.6 Å². The van der Waals surface area contributed by atoms with E-state index in [-0.39, 0.29) is 0 Å². The van der Waals surface area contributed by atoms with Crippen molar-refractivity contribution in [3.05, 3.63) is 23.2 Å². The molecule has 0 aliphatic rings. The van der Waals surface area contributed by atoms with E-state index >= 15 is 0 Å². The lowest BCUT2D eigenvalue weighted by atomic mass is 10.3. The van der Waals surface area contributed by atoms with Gasteiger partial charge in [-0.15, -0.1) is 0 Å². The lowest BCUT2D eigenvalue weighted by Crippen LogP contribution is -1.97. The number of ether oxygens (including phenoxy) is 1. The predicted octanol–water partition coefficient (Wildman–Crippen LogP) is 3.56. The lowest BCUT2D eigenvalue weighted by Gasteiger charge is -2.08. The Kier molecular flexibility index (Phi) is 4.60. The number of unbranched alkanes of at least 4 members (excludes halogenated alkanes) is 1. The monoisotopic (exact) mass is 213 g/mol.